The number of ether oxygens (including phenoxy) is 2. The van der Waals surface area contributed by atoms with Crippen molar-refractivity contribution in [2.24, 2.45) is 0 Å². The van der Waals surface area contributed by atoms with Gasteiger partial charge in [-0.2, -0.15) is 5.26 Å². The molecule has 3 aromatic rings. The molecule has 0 saturated carbocycles. The van der Waals surface area contributed by atoms with Crippen LogP contribution in [0.5, 0.6) is 11.5 Å². The molecule has 3 aromatic carbocycles. The van der Waals surface area contributed by atoms with E-state index < -0.39 is 4.92 Å². The smallest absolute Gasteiger partial charge is 0.270 e. The lowest BCUT2D eigenvalue weighted by Gasteiger charge is -2.12. The summed E-state index contributed by atoms with van der Waals surface area (Å²) in [5.41, 5.74) is 2.77. The van der Waals surface area contributed by atoms with Gasteiger partial charge in [-0.25, -0.2) is 0 Å². The van der Waals surface area contributed by atoms with Crippen LogP contribution >= 0.6 is 0 Å². The molecule has 6 nitrogen and oxygen atoms in total. The maximum absolute atomic E-state index is 11.2. The molecule has 0 atom stereocenters. The molecule has 0 radical (unpaired) electrons. The summed E-state index contributed by atoms with van der Waals surface area (Å²) < 4.78 is 11.1. The second-order valence-electron chi connectivity index (χ2n) is 5.77. The predicted octanol–water partition coefficient (Wildman–Crippen LogP) is 4.72. The number of nitrogens with zero attached hydrogens (tertiary/aromatic N) is 2. The normalized spacial score (nSPS) is 10.1. The number of non-ortho nitro benzene ring substituents is 1. The molecule has 0 aliphatic rings. The molecule has 0 aromatic heterocycles. The second kappa shape index (κ2) is 8.02. The summed E-state index contributed by atoms with van der Waals surface area (Å²) in [5.74, 6) is 1.22. The molecule has 0 amide bonds. The predicted molar refractivity (Wildman–Crippen MR) is 101 cm³/mol. The zero-order valence-electron chi connectivity index (χ0n) is 14.6. The number of nitro benzene ring substituents is 1. The number of benzene rings is 3. The van der Waals surface area contributed by atoms with Crippen LogP contribution in [0.4, 0.5) is 5.69 Å². The standard InChI is InChI=1S/C21H16N2O4/c1-26-19-8-5-17(6-9-19)20-12-18(23(24)25)7-10-21(20)27-14-16-4-2-3-15(11-16)13-22/h2-12H,14H2,1H3. The number of hydrogen-bond acceptors (Lipinski definition) is 5. The molecule has 0 aliphatic carbocycles. The van der Waals surface area contributed by atoms with Gasteiger partial charge in [0.2, 0.25) is 0 Å². The molecular formula is C21H16N2O4. The second-order valence-corrected chi connectivity index (χ2v) is 5.77. The van der Waals surface area contributed by atoms with Gasteiger partial charge in [-0.1, -0.05) is 24.3 Å². The number of nitro groups is 1. The van der Waals surface area contributed by atoms with E-state index in [1.807, 2.05) is 18.2 Å². The topological polar surface area (TPSA) is 85.4 Å². The zero-order chi connectivity index (χ0) is 19.2. The van der Waals surface area contributed by atoms with Crippen molar-refractivity contribution in [1.29, 1.82) is 5.26 Å². The first kappa shape index (κ1) is 18.0. The van der Waals surface area contributed by atoms with E-state index >= 15 is 0 Å². The Bertz CT molecular complexity index is 1010. The number of hydrogen-bond donors (Lipinski definition) is 0. The van der Waals surface area contributed by atoms with Gasteiger partial charge in [0.1, 0.15) is 18.1 Å². The highest BCUT2D eigenvalue weighted by Gasteiger charge is 2.14. The van der Waals surface area contributed by atoms with Crippen molar-refractivity contribution in [3.8, 4) is 28.7 Å². The summed E-state index contributed by atoms with van der Waals surface area (Å²) in [5, 5.41) is 20.2. The molecule has 3 rings (SSSR count). The Morgan fingerprint density at radius 1 is 1.07 bits per heavy atom. The van der Waals surface area contributed by atoms with E-state index in [1.165, 1.54) is 12.1 Å². The fourth-order valence-electron chi connectivity index (χ4n) is 2.65. The zero-order valence-corrected chi connectivity index (χ0v) is 14.6. The van der Waals surface area contributed by atoms with Gasteiger partial charge in [-0.15, -0.1) is 0 Å². The van der Waals surface area contributed by atoms with Gasteiger partial charge in [0.05, 0.1) is 23.7 Å². The Hall–Kier alpha value is -3.85. The Labute approximate surface area is 156 Å². The van der Waals surface area contributed by atoms with Gasteiger partial charge in [0.15, 0.2) is 0 Å². The SMILES string of the molecule is COc1ccc(-c2cc([N+](=O)[O-])ccc2OCc2cccc(C#N)c2)cc1. The van der Waals surface area contributed by atoms with Crippen molar-refractivity contribution in [2.75, 3.05) is 7.11 Å². The van der Waals surface area contributed by atoms with Crippen molar-refractivity contribution >= 4 is 5.69 Å². The molecule has 0 aliphatic heterocycles. The average Bonchev–Trinajstić information content (AvgIpc) is 2.72. The van der Waals surface area contributed by atoms with Crippen LogP contribution in [-0.4, -0.2) is 12.0 Å². The van der Waals surface area contributed by atoms with Crippen molar-refractivity contribution in [3.63, 3.8) is 0 Å². The maximum atomic E-state index is 11.2. The van der Waals surface area contributed by atoms with Crippen molar-refractivity contribution in [3.05, 3.63) is 88.0 Å². The highest BCUT2D eigenvalue weighted by atomic mass is 16.6. The molecule has 0 fully saturated rings. The van der Waals surface area contributed by atoms with Gasteiger partial charge in [0, 0.05) is 17.7 Å². The van der Waals surface area contributed by atoms with Crippen LogP contribution in [0, 0.1) is 21.4 Å². The van der Waals surface area contributed by atoms with Crippen molar-refractivity contribution in [2.45, 2.75) is 6.61 Å². The van der Waals surface area contributed by atoms with E-state index in [2.05, 4.69) is 6.07 Å². The lowest BCUT2D eigenvalue weighted by Crippen LogP contribution is -1.98. The third kappa shape index (κ3) is 4.22. The van der Waals surface area contributed by atoms with Crippen molar-refractivity contribution in [1.82, 2.24) is 0 Å². The Morgan fingerprint density at radius 3 is 2.52 bits per heavy atom. The fraction of sp³-hybridized carbons (Fsp3) is 0.0952. The monoisotopic (exact) mass is 360 g/mol. The van der Waals surface area contributed by atoms with Crippen LogP contribution in [0.2, 0.25) is 0 Å². The lowest BCUT2D eigenvalue weighted by atomic mass is 10.0. The molecule has 6 heteroatoms. The van der Waals surface area contributed by atoms with Crippen molar-refractivity contribution < 1.29 is 14.4 Å². The van der Waals surface area contributed by atoms with E-state index in [0.29, 0.717) is 22.6 Å². The third-order valence-corrected chi connectivity index (χ3v) is 4.03. The quantitative estimate of drug-likeness (QED) is 0.469. The molecule has 0 heterocycles. The van der Waals surface area contributed by atoms with Gasteiger partial charge < -0.3 is 9.47 Å². The minimum absolute atomic E-state index is 0.0142. The van der Waals surface area contributed by atoms with Crippen LogP contribution in [0.15, 0.2) is 66.7 Å². The summed E-state index contributed by atoms with van der Waals surface area (Å²) >= 11 is 0. The first-order chi connectivity index (χ1) is 13.1. The first-order valence-electron chi connectivity index (χ1n) is 8.15. The van der Waals surface area contributed by atoms with Crippen LogP contribution in [0.3, 0.4) is 0 Å². The van der Waals surface area contributed by atoms with E-state index in [1.54, 1.807) is 43.5 Å². The minimum Gasteiger partial charge on any atom is -0.497 e. The Kier molecular flexibility index (Phi) is 5.33. The summed E-state index contributed by atoms with van der Waals surface area (Å²) in [6.07, 6.45) is 0. The minimum atomic E-state index is -0.437. The molecule has 0 bridgehead atoms. The number of rotatable bonds is 6. The molecular weight excluding hydrogens is 344 g/mol. The fourth-order valence-corrected chi connectivity index (χ4v) is 2.65. The van der Waals surface area contributed by atoms with Crippen LogP contribution in [0.1, 0.15) is 11.1 Å². The van der Waals surface area contributed by atoms with E-state index in [4.69, 9.17) is 14.7 Å². The van der Waals surface area contributed by atoms with E-state index in [0.717, 1.165) is 11.1 Å². The van der Waals surface area contributed by atoms with E-state index in [-0.39, 0.29) is 12.3 Å². The van der Waals surface area contributed by atoms with E-state index in [9.17, 15) is 10.1 Å². The Balaban J connectivity index is 1.93. The molecule has 0 saturated heterocycles. The van der Waals surface area contributed by atoms with Gasteiger partial charge in [-0.3, -0.25) is 10.1 Å². The molecule has 27 heavy (non-hydrogen) atoms. The largest absolute Gasteiger partial charge is 0.497 e. The number of nitriles is 1. The van der Waals surface area contributed by atoms with Gasteiger partial charge >= 0.3 is 0 Å². The van der Waals surface area contributed by atoms with Gasteiger partial charge in [-0.05, 0) is 41.5 Å². The highest BCUT2D eigenvalue weighted by molar-refractivity contribution is 5.73. The molecule has 0 N–H and O–H groups in total. The van der Waals surface area contributed by atoms with Crippen LogP contribution in [-0.2, 0) is 6.61 Å². The third-order valence-electron chi connectivity index (χ3n) is 4.03. The lowest BCUT2D eigenvalue weighted by molar-refractivity contribution is -0.384. The number of methoxy groups -OCH3 is 1. The molecule has 0 spiro atoms. The van der Waals surface area contributed by atoms with Crippen LogP contribution in [0.25, 0.3) is 11.1 Å². The summed E-state index contributed by atoms with van der Waals surface area (Å²) in [7, 11) is 1.58. The van der Waals surface area contributed by atoms with Gasteiger partial charge in [0.25, 0.3) is 5.69 Å². The summed E-state index contributed by atoms with van der Waals surface area (Å²) in [4.78, 5) is 10.7. The maximum Gasteiger partial charge on any atom is 0.270 e. The average molecular weight is 360 g/mol. The first-order valence-corrected chi connectivity index (χ1v) is 8.15. The summed E-state index contributed by atoms with van der Waals surface area (Å²) in [6.45, 7) is 0.247. The highest BCUT2D eigenvalue weighted by Crippen LogP contribution is 2.34. The molecule has 0 unspecified atom stereocenters. The Morgan fingerprint density at radius 2 is 1.85 bits per heavy atom. The summed E-state index contributed by atoms with van der Waals surface area (Å²) in [6, 6.07) is 20.9. The molecule has 134 valence electrons. The van der Waals surface area contributed by atoms with Crippen LogP contribution < -0.4 is 9.47 Å².